The van der Waals surface area contributed by atoms with Gasteiger partial charge < -0.3 is 5.73 Å². The molecule has 0 unspecified atom stereocenters. The van der Waals surface area contributed by atoms with Gasteiger partial charge in [0.1, 0.15) is 5.82 Å². The summed E-state index contributed by atoms with van der Waals surface area (Å²) in [5.74, 6) is 1.08. The van der Waals surface area contributed by atoms with Gasteiger partial charge in [-0.3, -0.25) is 10.1 Å². The molecule has 1 aromatic carbocycles. The Morgan fingerprint density at radius 1 is 1.24 bits per heavy atom. The molecule has 21 heavy (non-hydrogen) atoms. The van der Waals surface area contributed by atoms with E-state index < -0.39 is 4.92 Å². The first-order valence-electron chi connectivity index (χ1n) is 6.70. The average Bonchev–Trinajstić information content (AvgIpc) is 2.37. The van der Waals surface area contributed by atoms with E-state index in [-0.39, 0.29) is 11.6 Å². The van der Waals surface area contributed by atoms with Gasteiger partial charge in [0.25, 0.3) is 5.69 Å². The van der Waals surface area contributed by atoms with Crippen LogP contribution in [0.4, 0.5) is 11.5 Å². The number of non-ortho nitro benzene ring substituents is 1. The van der Waals surface area contributed by atoms with E-state index in [0.717, 1.165) is 16.8 Å². The van der Waals surface area contributed by atoms with Gasteiger partial charge >= 0.3 is 0 Å². The molecule has 1 aromatic heterocycles. The Bertz CT molecular complexity index is 688. The third-order valence-corrected chi connectivity index (χ3v) is 3.42. The minimum Gasteiger partial charge on any atom is -0.383 e. The number of anilines is 1. The van der Waals surface area contributed by atoms with Gasteiger partial charge in [-0.05, 0) is 25.3 Å². The highest BCUT2D eigenvalue weighted by Gasteiger charge is 2.16. The molecule has 6 nitrogen and oxygen atoms in total. The first-order valence-corrected chi connectivity index (χ1v) is 6.70. The van der Waals surface area contributed by atoms with E-state index >= 15 is 0 Å². The van der Waals surface area contributed by atoms with Crippen molar-refractivity contribution in [2.75, 3.05) is 5.73 Å². The highest BCUT2D eigenvalue weighted by atomic mass is 16.6. The fraction of sp³-hybridized carbons (Fsp3) is 0.333. The summed E-state index contributed by atoms with van der Waals surface area (Å²) in [6, 6.07) is 4.65. The van der Waals surface area contributed by atoms with Gasteiger partial charge in [-0.2, -0.15) is 0 Å². The second kappa shape index (κ2) is 5.47. The van der Waals surface area contributed by atoms with E-state index in [1.807, 2.05) is 27.7 Å². The van der Waals surface area contributed by atoms with Crippen LogP contribution in [0.5, 0.6) is 0 Å². The number of hydrogen-bond acceptors (Lipinski definition) is 5. The minimum atomic E-state index is -0.429. The summed E-state index contributed by atoms with van der Waals surface area (Å²) < 4.78 is 0. The van der Waals surface area contributed by atoms with Gasteiger partial charge in [-0.25, -0.2) is 9.97 Å². The third kappa shape index (κ3) is 2.84. The number of benzene rings is 1. The van der Waals surface area contributed by atoms with Crippen LogP contribution in [-0.2, 0) is 0 Å². The third-order valence-electron chi connectivity index (χ3n) is 3.42. The molecule has 0 fully saturated rings. The number of rotatable bonds is 3. The molecule has 0 saturated carbocycles. The van der Waals surface area contributed by atoms with Gasteiger partial charge in [0, 0.05) is 29.0 Å². The van der Waals surface area contributed by atoms with Crippen LogP contribution in [0.1, 0.15) is 36.6 Å². The molecule has 1 heterocycles. The molecular formula is C15H18N4O2. The monoisotopic (exact) mass is 286 g/mol. The Kier molecular flexibility index (Phi) is 3.88. The molecule has 6 heteroatoms. The second-order valence-electron chi connectivity index (χ2n) is 5.34. The maximum Gasteiger partial charge on any atom is 0.270 e. The first-order chi connectivity index (χ1) is 9.81. The molecule has 2 aromatic rings. The summed E-state index contributed by atoms with van der Waals surface area (Å²) in [4.78, 5) is 19.3. The summed E-state index contributed by atoms with van der Waals surface area (Å²) in [5, 5.41) is 10.9. The molecule has 0 aliphatic heterocycles. The summed E-state index contributed by atoms with van der Waals surface area (Å²) in [7, 11) is 0. The van der Waals surface area contributed by atoms with Gasteiger partial charge in [0.2, 0.25) is 0 Å². The van der Waals surface area contributed by atoms with Gasteiger partial charge in [-0.1, -0.05) is 19.9 Å². The van der Waals surface area contributed by atoms with E-state index in [1.54, 1.807) is 6.07 Å². The van der Waals surface area contributed by atoms with E-state index in [9.17, 15) is 10.1 Å². The highest BCUT2D eigenvalue weighted by Crippen LogP contribution is 2.29. The highest BCUT2D eigenvalue weighted by molar-refractivity contribution is 5.65. The zero-order valence-electron chi connectivity index (χ0n) is 12.5. The zero-order chi connectivity index (χ0) is 15.7. The van der Waals surface area contributed by atoms with Crippen molar-refractivity contribution in [3.05, 3.63) is 45.1 Å². The van der Waals surface area contributed by atoms with Crippen LogP contribution in [0.2, 0.25) is 0 Å². The molecule has 2 rings (SSSR count). The van der Waals surface area contributed by atoms with Crippen LogP contribution in [0.3, 0.4) is 0 Å². The summed E-state index contributed by atoms with van der Waals surface area (Å²) in [6.07, 6.45) is 0. The van der Waals surface area contributed by atoms with Crippen LogP contribution in [-0.4, -0.2) is 14.9 Å². The van der Waals surface area contributed by atoms with Crippen molar-refractivity contribution < 1.29 is 4.92 Å². The molecule has 2 N–H and O–H groups in total. The maximum absolute atomic E-state index is 10.9. The molecule has 0 saturated heterocycles. The maximum atomic E-state index is 10.9. The molecule has 0 bridgehead atoms. The van der Waals surface area contributed by atoms with Crippen LogP contribution < -0.4 is 5.73 Å². The Labute approximate surface area is 123 Å². The Hall–Kier alpha value is -2.50. The lowest BCUT2D eigenvalue weighted by molar-refractivity contribution is -0.384. The Morgan fingerprint density at radius 2 is 1.90 bits per heavy atom. The number of aromatic nitrogens is 2. The molecule has 0 aliphatic rings. The predicted molar refractivity (Wildman–Crippen MR) is 82.1 cm³/mol. The van der Waals surface area contributed by atoms with Crippen molar-refractivity contribution in [3.8, 4) is 11.4 Å². The van der Waals surface area contributed by atoms with E-state index in [0.29, 0.717) is 17.2 Å². The van der Waals surface area contributed by atoms with Crippen LogP contribution in [0.25, 0.3) is 11.4 Å². The quantitative estimate of drug-likeness (QED) is 0.689. The first kappa shape index (κ1) is 14.9. The lowest BCUT2D eigenvalue weighted by Crippen LogP contribution is -2.07. The molecule has 0 amide bonds. The number of aryl methyl sites for hydroxylation is 2. The predicted octanol–water partition coefficient (Wildman–Crippen LogP) is 3.37. The van der Waals surface area contributed by atoms with Crippen molar-refractivity contribution in [1.29, 1.82) is 0 Å². The van der Waals surface area contributed by atoms with Crippen molar-refractivity contribution in [2.45, 2.75) is 33.6 Å². The number of nitrogen functional groups attached to an aromatic ring is 1. The number of nitro groups is 1. The van der Waals surface area contributed by atoms with Crippen molar-refractivity contribution >= 4 is 11.5 Å². The Balaban J connectivity index is 2.62. The standard InChI is InChI=1S/C15H18N4O2/c1-8(2)13-10(4)17-15(18-14(13)16)12-7-11(19(20)21)6-5-9(12)3/h5-8H,1-4H3,(H2,16,17,18). The number of nitrogens with zero attached hydrogens (tertiary/aromatic N) is 3. The van der Waals surface area contributed by atoms with Crippen molar-refractivity contribution in [3.63, 3.8) is 0 Å². The summed E-state index contributed by atoms with van der Waals surface area (Å²) in [6.45, 7) is 7.80. The summed E-state index contributed by atoms with van der Waals surface area (Å²) >= 11 is 0. The van der Waals surface area contributed by atoms with Gasteiger partial charge in [0.15, 0.2) is 5.82 Å². The lowest BCUT2D eigenvalue weighted by Gasteiger charge is -2.14. The number of nitro benzene ring substituents is 1. The van der Waals surface area contributed by atoms with Crippen molar-refractivity contribution in [1.82, 2.24) is 9.97 Å². The summed E-state index contributed by atoms with van der Waals surface area (Å²) in [5.41, 5.74) is 9.27. The fourth-order valence-electron chi connectivity index (χ4n) is 2.40. The SMILES string of the molecule is Cc1ccc([N+](=O)[O-])cc1-c1nc(C)c(C(C)C)c(N)n1. The Morgan fingerprint density at radius 3 is 2.43 bits per heavy atom. The second-order valence-corrected chi connectivity index (χ2v) is 5.34. The molecular weight excluding hydrogens is 268 g/mol. The van der Waals surface area contributed by atoms with E-state index in [4.69, 9.17) is 5.73 Å². The van der Waals surface area contributed by atoms with E-state index in [1.165, 1.54) is 12.1 Å². The van der Waals surface area contributed by atoms with Crippen LogP contribution in [0.15, 0.2) is 18.2 Å². The van der Waals surface area contributed by atoms with Crippen molar-refractivity contribution in [2.24, 2.45) is 0 Å². The van der Waals surface area contributed by atoms with E-state index in [2.05, 4.69) is 9.97 Å². The van der Waals surface area contributed by atoms with Crippen LogP contribution in [0, 0.1) is 24.0 Å². The normalized spacial score (nSPS) is 10.9. The van der Waals surface area contributed by atoms with Gasteiger partial charge in [0.05, 0.1) is 4.92 Å². The minimum absolute atomic E-state index is 0.0170. The molecule has 110 valence electrons. The van der Waals surface area contributed by atoms with Gasteiger partial charge in [-0.15, -0.1) is 0 Å². The number of nitrogens with two attached hydrogens (primary N) is 1. The molecule has 0 aliphatic carbocycles. The molecule has 0 spiro atoms. The lowest BCUT2D eigenvalue weighted by atomic mass is 10.0. The number of hydrogen-bond donors (Lipinski definition) is 1. The molecule has 0 atom stereocenters. The fourth-order valence-corrected chi connectivity index (χ4v) is 2.40. The zero-order valence-corrected chi connectivity index (χ0v) is 12.5. The topological polar surface area (TPSA) is 94.9 Å². The average molecular weight is 286 g/mol. The largest absolute Gasteiger partial charge is 0.383 e. The molecule has 0 radical (unpaired) electrons. The smallest absolute Gasteiger partial charge is 0.270 e. The van der Waals surface area contributed by atoms with Crippen LogP contribution >= 0.6 is 0 Å².